The molecule has 3 aromatic rings. The molecule has 7 nitrogen and oxygen atoms in total. The molecule has 1 saturated carbocycles. The highest BCUT2D eigenvalue weighted by atomic mass is 16.5. The lowest BCUT2D eigenvalue weighted by Gasteiger charge is -2.46. The maximum atomic E-state index is 13.7. The van der Waals surface area contributed by atoms with E-state index in [4.69, 9.17) is 4.52 Å². The number of aromatic nitrogens is 2. The molecule has 2 heterocycles. The highest BCUT2D eigenvalue weighted by Gasteiger charge is 2.48. The van der Waals surface area contributed by atoms with Gasteiger partial charge >= 0.3 is 6.03 Å². The van der Waals surface area contributed by atoms with Gasteiger partial charge in [-0.05, 0) is 62.9 Å². The predicted molar refractivity (Wildman–Crippen MR) is 125 cm³/mol. The Labute approximate surface area is 193 Å². The summed E-state index contributed by atoms with van der Waals surface area (Å²) in [5, 5.41) is 4.13. The van der Waals surface area contributed by atoms with Gasteiger partial charge in [-0.1, -0.05) is 47.8 Å². The van der Waals surface area contributed by atoms with Crippen LogP contribution >= 0.6 is 0 Å². The second kappa shape index (κ2) is 8.46. The van der Waals surface area contributed by atoms with Gasteiger partial charge < -0.3 is 9.42 Å². The molecule has 5 rings (SSSR count). The molecule has 3 amide bonds. The first kappa shape index (κ1) is 21.4. The summed E-state index contributed by atoms with van der Waals surface area (Å²) in [5.41, 5.74) is 4.77. The van der Waals surface area contributed by atoms with Crippen molar-refractivity contribution in [1.82, 2.24) is 15.0 Å². The minimum absolute atomic E-state index is 0.102. The van der Waals surface area contributed by atoms with Crippen LogP contribution in [0.25, 0.3) is 11.4 Å². The summed E-state index contributed by atoms with van der Waals surface area (Å²) in [4.78, 5) is 34.7. The minimum atomic E-state index is -0.318. The van der Waals surface area contributed by atoms with Crippen molar-refractivity contribution in [2.75, 3.05) is 4.90 Å². The van der Waals surface area contributed by atoms with Crippen LogP contribution in [-0.2, 0) is 11.3 Å². The number of imide groups is 1. The van der Waals surface area contributed by atoms with Crippen LogP contribution in [0, 0.1) is 26.7 Å². The van der Waals surface area contributed by atoms with Crippen LogP contribution in [0.5, 0.6) is 0 Å². The van der Waals surface area contributed by atoms with Crippen LogP contribution in [0.1, 0.15) is 48.3 Å². The van der Waals surface area contributed by atoms with Gasteiger partial charge in [0.1, 0.15) is 6.54 Å². The number of aryl methyl sites for hydroxylation is 3. The molecule has 7 heteroatoms. The zero-order chi connectivity index (χ0) is 23.1. The van der Waals surface area contributed by atoms with E-state index in [1.165, 1.54) is 4.90 Å². The number of fused-ring (bicyclic) bond motifs is 1. The van der Waals surface area contributed by atoms with Gasteiger partial charge in [0.15, 0.2) is 0 Å². The van der Waals surface area contributed by atoms with E-state index in [1.54, 1.807) is 4.90 Å². The SMILES string of the molecule is Cc1cccc(-c2noc(CN3C(=O)N(c4ccc(C)c(C)c4)C(=O)C4CCCCC43)n2)c1. The molecule has 2 atom stereocenters. The molecular formula is C26H28N4O3. The van der Waals surface area contributed by atoms with Gasteiger partial charge in [-0.3, -0.25) is 4.79 Å². The summed E-state index contributed by atoms with van der Waals surface area (Å²) in [5.74, 6) is 0.561. The Bertz CT molecular complexity index is 1220. The molecule has 33 heavy (non-hydrogen) atoms. The normalized spacial score (nSPS) is 20.8. The largest absolute Gasteiger partial charge is 0.337 e. The third-order valence-electron chi connectivity index (χ3n) is 6.90. The average Bonchev–Trinajstić information content (AvgIpc) is 3.28. The van der Waals surface area contributed by atoms with Gasteiger partial charge in [-0.2, -0.15) is 4.98 Å². The Morgan fingerprint density at radius 1 is 1.00 bits per heavy atom. The Morgan fingerprint density at radius 2 is 1.82 bits per heavy atom. The van der Waals surface area contributed by atoms with Crippen molar-refractivity contribution in [3.8, 4) is 11.4 Å². The maximum Gasteiger partial charge on any atom is 0.332 e. The summed E-state index contributed by atoms with van der Waals surface area (Å²) in [6, 6.07) is 13.2. The first-order valence-electron chi connectivity index (χ1n) is 11.5. The molecule has 2 unspecified atom stereocenters. The predicted octanol–water partition coefficient (Wildman–Crippen LogP) is 5.19. The summed E-state index contributed by atoms with van der Waals surface area (Å²) in [6.45, 7) is 6.21. The van der Waals surface area contributed by atoms with Gasteiger partial charge in [0.2, 0.25) is 17.6 Å². The lowest BCUT2D eigenvalue weighted by atomic mass is 9.81. The number of urea groups is 1. The third-order valence-corrected chi connectivity index (χ3v) is 6.90. The molecule has 2 aromatic carbocycles. The van der Waals surface area contributed by atoms with Gasteiger partial charge in [0.25, 0.3) is 0 Å². The zero-order valence-electron chi connectivity index (χ0n) is 19.2. The number of carbonyl (C=O) groups is 2. The van der Waals surface area contributed by atoms with E-state index < -0.39 is 0 Å². The van der Waals surface area contributed by atoms with Crippen molar-refractivity contribution in [3.63, 3.8) is 0 Å². The van der Waals surface area contributed by atoms with Crippen molar-refractivity contribution >= 4 is 17.6 Å². The van der Waals surface area contributed by atoms with E-state index in [-0.39, 0.29) is 30.4 Å². The van der Waals surface area contributed by atoms with Crippen LogP contribution < -0.4 is 4.90 Å². The quantitative estimate of drug-likeness (QED) is 0.553. The molecule has 0 radical (unpaired) electrons. The summed E-state index contributed by atoms with van der Waals surface area (Å²) < 4.78 is 5.53. The van der Waals surface area contributed by atoms with E-state index in [0.717, 1.165) is 47.9 Å². The number of nitrogens with zero attached hydrogens (tertiary/aromatic N) is 4. The van der Waals surface area contributed by atoms with Crippen molar-refractivity contribution in [2.45, 2.75) is 59.0 Å². The summed E-state index contributed by atoms with van der Waals surface area (Å²) in [7, 11) is 0. The molecule has 1 aromatic heterocycles. The summed E-state index contributed by atoms with van der Waals surface area (Å²) >= 11 is 0. The molecule has 1 saturated heterocycles. The van der Waals surface area contributed by atoms with Gasteiger partial charge in [0.05, 0.1) is 11.6 Å². The van der Waals surface area contributed by atoms with Crippen LogP contribution in [0.3, 0.4) is 0 Å². The first-order chi connectivity index (χ1) is 15.9. The van der Waals surface area contributed by atoms with Crippen LogP contribution in [0.4, 0.5) is 10.5 Å². The fourth-order valence-electron chi connectivity index (χ4n) is 4.96. The van der Waals surface area contributed by atoms with E-state index in [1.807, 2.05) is 63.2 Å². The van der Waals surface area contributed by atoms with E-state index >= 15 is 0 Å². The topological polar surface area (TPSA) is 79.5 Å². The summed E-state index contributed by atoms with van der Waals surface area (Å²) in [6.07, 6.45) is 3.59. The van der Waals surface area contributed by atoms with Gasteiger partial charge in [0, 0.05) is 11.6 Å². The van der Waals surface area contributed by atoms with Crippen LogP contribution in [-0.4, -0.2) is 33.0 Å². The fourth-order valence-corrected chi connectivity index (χ4v) is 4.96. The molecular weight excluding hydrogens is 416 g/mol. The second-order valence-corrected chi connectivity index (χ2v) is 9.19. The van der Waals surface area contributed by atoms with Crippen molar-refractivity contribution in [3.05, 3.63) is 65.0 Å². The molecule has 0 spiro atoms. The Kier molecular flexibility index (Phi) is 5.48. The molecule has 1 aliphatic heterocycles. The molecule has 2 fully saturated rings. The monoisotopic (exact) mass is 444 g/mol. The first-order valence-corrected chi connectivity index (χ1v) is 11.5. The highest BCUT2D eigenvalue weighted by molar-refractivity contribution is 6.17. The van der Waals surface area contributed by atoms with E-state index in [9.17, 15) is 9.59 Å². The lowest BCUT2D eigenvalue weighted by molar-refractivity contribution is -0.127. The number of amides is 3. The molecule has 2 aliphatic rings. The average molecular weight is 445 g/mol. The van der Waals surface area contributed by atoms with Crippen LogP contribution in [0.15, 0.2) is 47.0 Å². The molecule has 0 N–H and O–H groups in total. The fraction of sp³-hybridized carbons (Fsp3) is 0.385. The second-order valence-electron chi connectivity index (χ2n) is 9.19. The zero-order valence-corrected chi connectivity index (χ0v) is 19.2. The molecule has 1 aliphatic carbocycles. The number of benzene rings is 2. The Balaban J connectivity index is 1.47. The van der Waals surface area contributed by atoms with Crippen LogP contribution in [0.2, 0.25) is 0 Å². The van der Waals surface area contributed by atoms with Gasteiger partial charge in [-0.15, -0.1) is 0 Å². The maximum absolute atomic E-state index is 13.7. The highest BCUT2D eigenvalue weighted by Crippen LogP contribution is 2.37. The number of anilines is 1. The smallest absolute Gasteiger partial charge is 0.332 e. The van der Waals surface area contributed by atoms with Crippen molar-refractivity contribution in [1.29, 1.82) is 0 Å². The minimum Gasteiger partial charge on any atom is -0.337 e. The third kappa shape index (κ3) is 3.92. The lowest BCUT2D eigenvalue weighted by Crippen LogP contribution is -2.62. The number of hydrogen-bond donors (Lipinski definition) is 0. The van der Waals surface area contributed by atoms with E-state index in [0.29, 0.717) is 17.4 Å². The Hall–Kier alpha value is -3.48. The number of hydrogen-bond acceptors (Lipinski definition) is 5. The Morgan fingerprint density at radius 3 is 2.61 bits per heavy atom. The molecule has 0 bridgehead atoms. The van der Waals surface area contributed by atoms with Gasteiger partial charge in [-0.25, -0.2) is 9.69 Å². The standard InChI is InChI=1S/C26H28N4O3/c1-16-7-6-8-19(13-16)24-27-23(33-28-24)15-29-22-10-5-4-9-21(22)25(31)30(26(29)32)20-12-11-17(2)18(3)14-20/h6-8,11-14,21-22H,4-5,9-10,15H2,1-3H3. The number of rotatable bonds is 4. The van der Waals surface area contributed by atoms with E-state index in [2.05, 4.69) is 10.1 Å². The van der Waals surface area contributed by atoms with Crippen molar-refractivity contribution in [2.24, 2.45) is 5.92 Å². The van der Waals surface area contributed by atoms with Crippen molar-refractivity contribution < 1.29 is 14.1 Å². The molecule has 170 valence electrons. The number of carbonyl (C=O) groups excluding carboxylic acids is 2.